The third-order valence-electron chi connectivity index (χ3n) is 2.17. The van der Waals surface area contributed by atoms with Gasteiger partial charge in [0.05, 0.1) is 6.33 Å². The molecule has 1 aromatic heterocycles. The Kier molecular flexibility index (Phi) is 3.89. The second-order valence-electron chi connectivity index (χ2n) is 4.06. The SMILES string of the molecule is CC(C)[C@H](NS(=O)(=O)c1cn(C)cn1)C(=O)O. The maximum absolute atomic E-state index is 11.8. The topological polar surface area (TPSA) is 101 Å². The van der Waals surface area contributed by atoms with Gasteiger partial charge in [-0.3, -0.25) is 4.79 Å². The fourth-order valence-electron chi connectivity index (χ4n) is 1.23. The molecule has 1 heterocycles. The first-order valence-corrected chi connectivity index (χ1v) is 6.45. The van der Waals surface area contributed by atoms with Crippen molar-refractivity contribution in [1.29, 1.82) is 0 Å². The van der Waals surface area contributed by atoms with E-state index in [2.05, 4.69) is 9.71 Å². The van der Waals surface area contributed by atoms with E-state index in [4.69, 9.17) is 5.11 Å². The zero-order valence-electron chi connectivity index (χ0n) is 9.78. The van der Waals surface area contributed by atoms with Crippen LogP contribution < -0.4 is 4.72 Å². The molecule has 0 amide bonds. The third kappa shape index (κ3) is 3.27. The minimum absolute atomic E-state index is 0.188. The lowest BCUT2D eigenvalue weighted by atomic mass is 10.1. The lowest BCUT2D eigenvalue weighted by Crippen LogP contribution is -2.44. The number of rotatable bonds is 5. The summed E-state index contributed by atoms with van der Waals surface area (Å²) in [5.74, 6) is -1.56. The normalized spacial score (nSPS) is 13.9. The highest BCUT2D eigenvalue weighted by molar-refractivity contribution is 7.89. The highest BCUT2D eigenvalue weighted by Gasteiger charge is 2.29. The van der Waals surface area contributed by atoms with E-state index in [-0.39, 0.29) is 10.9 Å². The number of hydrogen-bond donors (Lipinski definition) is 2. The Labute approximate surface area is 99.5 Å². The molecular formula is C9H15N3O4S. The standard InChI is InChI=1S/C9H15N3O4S/c1-6(2)8(9(13)14)11-17(15,16)7-4-12(3)5-10-7/h4-6,8,11H,1-3H3,(H,13,14)/t8-/m0/s1. The summed E-state index contributed by atoms with van der Waals surface area (Å²) in [6.07, 6.45) is 2.64. The number of nitrogens with one attached hydrogen (secondary N) is 1. The average molecular weight is 261 g/mol. The first-order chi connectivity index (χ1) is 7.74. The number of carbonyl (C=O) groups is 1. The molecule has 0 spiro atoms. The Morgan fingerprint density at radius 2 is 2.12 bits per heavy atom. The van der Waals surface area contributed by atoms with Gasteiger partial charge < -0.3 is 9.67 Å². The van der Waals surface area contributed by atoms with Crippen LogP contribution in [0.1, 0.15) is 13.8 Å². The van der Waals surface area contributed by atoms with Crippen molar-refractivity contribution in [2.24, 2.45) is 13.0 Å². The van der Waals surface area contributed by atoms with Crippen LogP contribution in [-0.4, -0.2) is 35.1 Å². The highest BCUT2D eigenvalue weighted by atomic mass is 32.2. The first kappa shape index (κ1) is 13.7. The van der Waals surface area contributed by atoms with Gasteiger partial charge in [-0.15, -0.1) is 0 Å². The summed E-state index contributed by atoms with van der Waals surface area (Å²) in [6, 6.07) is -1.16. The molecule has 0 aliphatic carbocycles. The molecule has 0 saturated carbocycles. The summed E-state index contributed by atoms with van der Waals surface area (Å²) in [6.45, 7) is 3.25. The quantitative estimate of drug-likeness (QED) is 0.764. The van der Waals surface area contributed by atoms with E-state index in [1.807, 2.05) is 0 Å². The molecule has 0 aliphatic heterocycles. The number of hydrogen-bond acceptors (Lipinski definition) is 4. The van der Waals surface area contributed by atoms with Crippen LogP contribution in [0.2, 0.25) is 0 Å². The third-order valence-corrected chi connectivity index (χ3v) is 3.50. The Bertz CT molecular complexity index is 506. The summed E-state index contributed by atoms with van der Waals surface area (Å²) >= 11 is 0. The van der Waals surface area contributed by atoms with E-state index >= 15 is 0 Å². The number of sulfonamides is 1. The van der Waals surface area contributed by atoms with Gasteiger partial charge in [0, 0.05) is 13.2 Å². The monoisotopic (exact) mass is 261 g/mol. The van der Waals surface area contributed by atoms with Crippen LogP contribution in [0, 0.1) is 5.92 Å². The zero-order valence-corrected chi connectivity index (χ0v) is 10.6. The highest BCUT2D eigenvalue weighted by Crippen LogP contribution is 2.09. The number of carboxylic acids is 1. The summed E-state index contributed by atoms with van der Waals surface area (Å²) in [4.78, 5) is 14.6. The molecule has 1 rings (SSSR count). The van der Waals surface area contributed by atoms with E-state index in [0.29, 0.717) is 0 Å². The number of aryl methyl sites for hydroxylation is 1. The molecule has 17 heavy (non-hydrogen) atoms. The van der Waals surface area contributed by atoms with E-state index in [9.17, 15) is 13.2 Å². The van der Waals surface area contributed by atoms with Gasteiger partial charge in [-0.2, -0.15) is 4.72 Å². The average Bonchev–Trinajstić information content (AvgIpc) is 2.61. The van der Waals surface area contributed by atoms with Crippen molar-refractivity contribution >= 4 is 16.0 Å². The van der Waals surface area contributed by atoms with Crippen LogP contribution in [0.4, 0.5) is 0 Å². The van der Waals surface area contributed by atoms with Crippen molar-refractivity contribution in [2.75, 3.05) is 0 Å². The second-order valence-corrected chi connectivity index (χ2v) is 5.72. The van der Waals surface area contributed by atoms with Gasteiger partial charge >= 0.3 is 5.97 Å². The van der Waals surface area contributed by atoms with Crippen molar-refractivity contribution in [2.45, 2.75) is 24.9 Å². The van der Waals surface area contributed by atoms with Gasteiger partial charge in [0.2, 0.25) is 0 Å². The first-order valence-electron chi connectivity index (χ1n) is 4.97. The number of carboxylic acid groups (broad SMARTS) is 1. The van der Waals surface area contributed by atoms with Crippen LogP contribution in [-0.2, 0) is 21.9 Å². The fourth-order valence-corrected chi connectivity index (χ4v) is 2.55. The molecule has 7 nitrogen and oxygen atoms in total. The molecule has 96 valence electrons. The van der Waals surface area contributed by atoms with Crippen LogP contribution in [0.25, 0.3) is 0 Å². The lowest BCUT2D eigenvalue weighted by Gasteiger charge is -2.16. The molecule has 8 heteroatoms. The molecule has 0 aromatic carbocycles. The molecular weight excluding hydrogens is 246 g/mol. The fraction of sp³-hybridized carbons (Fsp3) is 0.556. The van der Waals surface area contributed by atoms with Crippen LogP contribution in [0.3, 0.4) is 0 Å². The number of aromatic nitrogens is 2. The molecule has 0 radical (unpaired) electrons. The smallest absolute Gasteiger partial charge is 0.322 e. The van der Waals surface area contributed by atoms with Crippen LogP contribution in [0.15, 0.2) is 17.6 Å². The number of nitrogens with zero attached hydrogens (tertiary/aromatic N) is 2. The van der Waals surface area contributed by atoms with Gasteiger partial charge in [-0.05, 0) is 5.92 Å². The summed E-state index contributed by atoms with van der Waals surface area (Å²) in [5.41, 5.74) is 0. The molecule has 0 unspecified atom stereocenters. The molecule has 1 atom stereocenters. The van der Waals surface area contributed by atoms with E-state index in [0.717, 1.165) is 0 Å². The van der Waals surface area contributed by atoms with Crippen molar-refractivity contribution in [1.82, 2.24) is 14.3 Å². The van der Waals surface area contributed by atoms with Crippen molar-refractivity contribution in [3.63, 3.8) is 0 Å². The Hall–Kier alpha value is -1.41. The largest absolute Gasteiger partial charge is 0.480 e. The van der Waals surface area contributed by atoms with Gasteiger partial charge in [-0.25, -0.2) is 13.4 Å². The maximum Gasteiger partial charge on any atom is 0.322 e. The van der Waals surface area contributed by atoms with Gasteiger partial charge in [0.1, 0.15) is 6.04 Å². The summed E-state index contributed by atoms with van der Waals surface area (Å²) < 4.78 is 27.2. The van der Waals surface area contributed by atoms with Crippen LogP contribution >= 0.6 is 0 Å². The molecule has 0 bridgehead atoms. The van der Waals surface area contributed by atoms with Gasteiger partial charge in [0.25, 0.3) is 10.0 Å². The second kappa shape index (κ2) is 4.84. The van der Waals surface area contributed by atoms with E-state index < -0.39 is 22.0 Å². The van der Waals surface area contributed by atoms with Gasteiger partial charge in [0.15, 0.2) is 5.03 Å². The van der Waals surface area contributed by atoms with Gasteiger partial charge in [-0.1, -0.05) is 13.8 Å². The Morgan fingerprint density at radius 3 is 2.47 bits per heavy atom. The predicted octanol–water partition coefficient (Wildman–Crippen LogP) is -0.192. The zero-order chi connectivity index (χ0) is 13.2. The van der Waals surface area contributed by atoms with Crippen molar-refractivity contribution in [3.05, 3.63) is 12.5 Å². The van der Waals surface area contributed by atoms with Crippen molar-refractivity contribution in [3.8, 4) is 0 Å². The summed E-state index contributed by atoms with van der Waals surface area (Å²) in [7, 11) is -2.26. The molecule has 0 fully saturated rings. The lowest BCUT2D eigenvalue weighted by molar-refractivity contribution is -0.140. The molecule has 2 N–H and O–H groups in total. The summed E-state index contributed by atoms with van der Waals surface area (Å²) in [5, 5.41) is 8.72. The minimum Gasteiger partial charge on any atom is -0.480 e. The predicted molar refractivity (Wildman–Crippen MR) is 59.8 cm³/mol. The molecule has 0 saturated heterocycles. The molecule has 1 aromatic rings. The maximum atomic E-state index is 11.8. The number of aliphatic carboxylic acids is 1. The molecule has 0 aliphatic rings. The number of imidazole rings is 1. The van der Waals surface area contributed by atoms with Crippen LogP contribution in [0.5, 0.6) is 0 Å². The Morgan fingerprint density at radius 1 is 1.53 bits per heavy atom. The minimum atomic E-state index is -3.89. The van der Waals surface area contributed by atoms with E-state index in [1.54, 1.807) is 20.9 Å². The Balaban J connectivity index is 2.97. The van der Waals surface area contributed by atoms with E-state index in [1.165, 1.54) is 17.1 Å². The van der Waals surface area contributed by atoms with Crippen molar-refractivity contribution < 1.29 is 18.3 Å².